The molecule has 0 aliphatic carbocycles. The van der Waals surface area contributed by atoms with Crippen LogP contribution < -0.4 is 5.32 Å². The van der Waals surface area contributed by atoms with Gasteiger partial charge < -0.3 is 20.2 Å². The van der Waals surface area contributed by atoms with E-state index >= 15 is 0 Å². The topological polar surface area (TPSA) is 72.9 Å². The third kappa shape index (κ3) is 2.10. The number of aliphatic hydroxyl groups is 1. The summed E-state index contributed by atoms with van der Waals surface area (Å²) >= 11 is 0. The molecule has 0 aromatic heterocycles. The molecule has 2 rings (SSSR count). The fourth-order valence-corrected chi connectivity index (χ4v) is 2.69. The van der Waals surface area contributed by atoms with Crippen molar-refractivity contribution >= 4 is 11.8 Å². The number of carbonyl (C=O) groups is 2. The van der Waals surface area contributed by atoms with Crippen LogP contribution in [-0.2, 0) is 9.59 Å². The number of β-amino-alcohol motifs (C(OH)–C–C–N with tert-alkyl or cyclic N) is 1. The zero-order valence-electron chi connectivity index (χ0n) is 11.1. The number of likely N-dealkylation sites (N-methyl/N-ethyl adjacent to an activating group) is 1. The van der Waals surface area contributed by atoms with Crippen molar-refractivity contribution in [2.24, 2.45) is 0 Å². The molecule has 2 N–H and O–H groups in total. The van der Waals surface area contributed by atoms with Crippen molar-refractivity contribution in [3.8, 4) is 0 Å². The first kappa shape index (κ1) is 13.3. The maximum Gasteiger partial charge on any atom is 0.247 e. The van der Waals surface area contributed by atoms with Gasteiger partial charge in [0.2, 0.25) is 11.8 Å². The van der Waals surface area contributed by atoms with Crippen molar-refractivity contribution in [3.63, 3.8) is 0 Å². The molecule has 2 heterocycles. The average molecular weight is 255 g/mol. The van der Waals surface area contributed by atoms with E-state index in [9.17, 15) is 14.7 Å². The molecule has 2 aliphatic heterocycles. The molecule has 6 nitrogen and oxygen atoms in total. The van der Waals surface area contributed by atoms with Crippen LogP contribution in [0.25, 0.3) is 0 Å². The van der Waals surface area contributed by atoms with E-state index < -0.39 is 11.6 Å². The van der Waals surface area contributed by atoms with Gasteiger partial charge in [-0.25, -0.2) is 0 Å². The summed E-state index contributed by atoms with van der Waals surface area (Å²) < 4.78 is 0. The van der Waals surface area contributed by atoms with E-state index in [4.69, 9.17) is 0 Å². The summed E-state index contributed by atoms with van der Waals surface area (Å²) in [5, 5.41) is 12.5. The van der Waals surface area contributed by atoms with Crippen molar-refractivity contribution < 1.29 is 14.7 Å². The van der Waals surface area contributed by atoms with Gasteiger partial charge in [0.05, 0.1) is 12.1 Å². The van der Waals surface area contributed by atoms with Gasteiger partial charge in [-0.3, -0.25) is 9.59 Å². The Labute approximate surface area is 107 Å². The van der Waals surface area contributed by atoms with Gasteiger partial charge in [0, 0.05) is 26.7 Å². The summed E-state index contributed by atoms with van der Waals surface area (Å²) in [6.45, 7) is 5.09. The average Bonchev–Trinajstić information content (AvgIpc) is 2.72. The zero-order chi connectivity index (χ0) is 13.5. The van der Waals surface area contributed by atoms with Gasteiger partial charge in [-0.2, -0.15) is 0 Å². The Hall–Kier alpha value is -1.14. The van der Waals surface area contributed by atoms with Crippen LogP contribution in [0, 0.1) is 0 Å². The molecule has 102 valence electrons. The van der Waals surface area contributed by atoms with E-state index in [0.29, 0.717) is 26.1 Å². The van der Waals surface area contributed by atoms with Crippen molar-refractivity contribution in [2.75, 3.05) is 26.7 Å². The summed E-state index contributed by atoms with van der Waals surface area (Å²) in [6.07, 6.45) is -0.0413. The summed E-state index contributed by atoms with van der Waals surface area (Å²) in [7, 11) is 1.75. The fraction of sp³-hybridized carbons (Fsp3) is 0.833. The van der Waals surface area contributed by atoms with Crippen LogP contribution >= 0.6 is 0 Å². The summed E-state index contributed by atoms with van der Waals surface area (Å²) in [6, 6.07) is -0.365. The maximum atomic E-state index is 12.4. The first-order chi connectivity index (χ1) is 8.34. The van der Waals surface area contributed by atoms with Crippen molar-refractivity contribution in [1.29, 1.82) is 0 Å². The lowest BCUT2D eigenvalue weighted by molar-refractivity contribution is -0.158. The van der Waals surface area contributed by atoms with E-state index in [1.54, 1.807) is 30.7 Å². The molecule has 2 aliphatic rings. The second-order valence-electron chi connectivity index (χ2n) is 5.63. The number of hydrogen-bond acceptors (Lipinski definition) is 4. The van der Waals surface area contributed by atoms with Crippen LogP contribution in [0.5, 0.6) is 0 Å². The Morgan fingerprint density at radius 3 is 2.67 bits per heavy atom. The number of nitrogens with zero attached hydrogens (tertiary/aromatic N) is 2. The molecule has 2 saturated heterocycles. The molecular formula is C12H21N3O3. The number of rotatable bonds is 1. The molecule has 2 amide bonds. The van der Waals surface area contributed by atoms with E-state index in [0.717, 1.165) is 0 Å². The van der Waals surface area contributed by atoms with Gasteiger partial charge in [0.1, 0.15) is 5.54 Å². The minimum atomic E-state index is -0.806. The van der Waals surface area contributed by atoms with Crippen LogP contribution in [0.15, 0.2) is 0 Å². The largest absolute Gasteiger partial charge is 0.392 e. The minimum absolute atomic E-state index is 0.0411. The van der Waals surface area contributed by atoms with Crippen LogP contribution in [-0.4, -0.2) is 71.1 Å². The highest BCUT2D eigenvalue weighted by Crippen LogP contribution is 2.24. The highest BCUT2D eigenvalue weighted by atomic mass is 16.3. The molecular weight excluding hydrogens is 234 g/mol. The van der Waals surface area contributed by atoms with Crippen LogP contribution in [0.1, 0.15) is 20.3 Å². The quantitative estimate of drug-likeness (QED) is 0.616. The van der Waals surface area contributed by atoms with Gasteiger partial charge >= 0.3 is 0 Å². The number of amides is 2. The Kier molecular flexibility index (Phi) is 3.33. The number of aliphatic hydroxyl groups excluding tert-OH is 1. The Balaban J connectivity index is 2.13. The van der Waals surface area contributed by atoms with E-state index in [1.165, 1.54) is 0 Å². The molecule has 0 saturated carbocycles. The van der Waals surface area contributed by atoms with Gasteiger partial charge in [0.15, 0.2) is 0 Å². The number of carbonyl (C=O) groups excluding carboxylic acids is 2. The Bertz CT molecular complexity index is 370. The second-order valence-corrected chi connectivity index (χ2v) is 5.63. The molecule has 18 heavy (non-hydrogen) atoms. The predicted molar refractivity (Wildman–Crippen MR) is 65.8 cm³/mol. The SMILES string of the molecule is CN1CCN(C(=O)C2CC(O)CN2)C(C)(C)C1=O. The van der Waals surface area contributed by atoms with Crippen molar-refractivity contribution in [1.82, 2.24) is 15.1 Å². The third-order valence-electron chi connectivity index (χ3n) is 3.88. The predicted octanol–water partition coefficient (Wildman–Crippen LogP) is -1.21. The summed E-state index contributed by atoms with van der Waals surface area (Å²) in [4.78, 5) is 27.8. The number of piperazine rings is 1. The molecule has 2 atom stereocenters. The van der Waals surface area contributed by atoms with Crippen LogP contribution in [0.4, 0.5) is 0 Å². The van der Waals surface area contributed by atoms with E-state index in [1.807, 2.05) is 0 Å². The fourth-order valence-electron chi connectivity index (χ4n) is 2.69. The summed E-state index contributed by atoms with van der Waals surface area (Å²) in [5.74, 6) is -0.126. The van der Waals surface area contributed by atoms with E-state index in [2.05, 4.69) is 5.32 Å². The van der Waals surface area contributed by atoms with E-state index in [-0.39, 0.29) is 17.9 Å². The summed E-state index contributed by atoms with van der Waals surface area (Å²) in [5.41, 5.74) is -0.806. The lowest BCUT2D eigenvalue weighted by atomic mass is 9.96. The molecule has 6 heteroatoms. The molecule has 0 aromatic carbocycles. The Morgan fingerprint density at radius 2 is 2.11 bits per heavy atom. The van der Waals surface area contributed by atoms with Crippen LogP contribution in [0.3, 0.4) is 0 Å². The molecule has 0 spiro atoms. The standard InChI is InChI=1S/C12H21N3O3/c1-12(2)11(18)14(3)4-5-15(12)10(17)9-6-8(16)7-13-9/h8-9,13,16H,4-7H2,1-3H3. The number of nitrogens with one attached hydrogen (secondary N) is 1. The number of hydrogen-bond donors (Lipinski definition) is 2. The molecule has 0 bridgehead atoms. The molecule has 0 radical (unpaired) electrons. The first-order valence-electron chi connectivity index (χ1n) is 6.32. The zero-order valence-corrected chi connectivity index (χ0v) is 11.1. The smallest absolute Gasteiger partial charge is 0.247 e. The van der Waals surface area contributed by atoms with Crippen molar-refractivity contribution in [2.45, 2.75) is 38.0 Å². The monoisotopic (exact) mass is 255 g/mol. The van der Waals surface area contributed by atoms with Crippen LogP contribution in [0.2, 0.25) is 0 Å². The normalized spacial score (nSPS) is 31.9. The highest BCUT2D eigenvalue weighted by Gasteiger charge is 2.45. The maximum absolute atomic E-state index is 12.4. The van der Waals surface area contributed by atoms with Gasteiger partial charge in [-0.1, -0.05) is 0 Å². The first-order valence-corrected chi connectivity index (χ1v) is 6.32. The second kappa shape index (κ2) is 4.51. The molecule has 0 aromatic rings. The molecule has 2 unspecified atom stereocenters. The lowest BCUT2D eigenvalue weighted by Crippen LogP contribution is -2.65. The minimum Gasteiger partial charge on any atom is -0.392 e. The van der Waals surface area contributed by atoms with Crippen molar-refractivity contribution in [3.05, 3.63) is 0 Å². The van der Waals surface area contributed by atoms with Gasteiger partial charge in [0.25, 0.3) is 0 Å². The third-order valence-corrected chi connectivity index (χ3v) is 3.88. The molecule has 2 fully saturated rings. The van der Waals surface area contributed by atoms with Gasteiger partial charge in [-0.15, -0.1) is 0 Å². The van der Waals surface area contributed by atoms with Gasteiger partial charge in [-0.05, 0) is 20.3 Å². The Morgan fingerprint density at radius 1 is 1.44 bits per heavy atom. The highest BCUT2D eigenvalue weighted by molar-refractivity contribution is 5.93. The lowest BCUT2D eigenvalue weighted by Gasteiger charge is -2.45.